The van der Waals surface area contributed by atoms with Crippen molar-refractivity contribution in [1.29, 1.82) is 0 Å². The van der Waals surface area contributed by atoms with E-state index in [4.69, 9.17) is 5.73 Å². The van der Waals surface area contributed by atoms with Crippen molar-refractivity contribution in [3.8, 4) is 0 Å². The maximum atomic E-state index is 12.8. The van der Waals surface area contributed by atoms with E-state index < -0.39 is 10.8 Å². The van der Waals surface area contributed by atoms with E-state index in [-0.39, 0.29) is 5.82 Å². The van der Waals surface area contributed by atoms with Gasteiger partial charge in [-0.3, -0.25) is 4.21 Å². The van der Waals surface area contributed by atoms with Crippen molar-refractivity contribution in [3.63, 3.8) is 0 Å². The molecular formula is C9H11BrFNOS. The van der Waals surface area contributed by atoms with E-state index in [2.05, 4.69) is 15.9 Å². The topological polar surface area (TPSA) is 43.1 Å². The molecule has 1 aromatic rings. The minimum atomic E-state index is -1.08. The van der Waals surface area contributed by atoms with E-state index in [1.165, 1.54) is 12.1 Å². The fraction of sp³-hybridized carbons (Fsp3) is 0.333. The third-order valence-corrected chi connectivity index (χ3v) is 3.73. The van der Waals surface area contributed by atoms with Crippen LogP contribution in [0.1, 0.15) is 6.42 Å². The van der Waals surface area contributed by atoms with Gasteiger partial charge in [-0.15, -0.1) is 0 Å². The van der Waals surface area contributed by atoms with E-state index in [9.17, 15) is 8.60 Å². The first-order chi connectivity index (χ1) is 6.65. The molecule has 0 saturated heterocycles. The second-order valence-corrected chi connectivity index (χ2v) is 5.19. The second-order valence-electron chi connectivity index (χ2n) is 2.77. The SMILES string of the molecule is NCCCS(=O)c1ccc(F)c(Br)c1. The van der Waals surface area contributed by atoms with Crippen LogP contribution in [0, 0.1) is 5.82 Å². The molecule has 0 aliphatic heterocycles. The Hall–Kier alpha value is -0.260. The van der Waals surface area contributed by atoms with Crippen LogP contribution in [0.4, 0.5) is 4.39 Å². The summed E-state index contributed by atoms with van der Waals surface area (Å²) in [5.41, 5.74) is 5.31. The van der Waals surface area contributed by atoms with E-state index in [0.717, 1.165) is 0 Å². The Morgan fingerprint density at radius 1 is 1.50 bits per heavy atom. The van der Waals surface area contributed by atoms with Crippen molar-refractivity contribution in [2.75, 3.05) is 12.3 Å². The number of hydrogen-bond donors (Lipinski definition) is 1. The maximum Gasteiger partial charge on any atom is 0.137 e. The lowest BCUT2D eigenvalue weighted by atomic mass is 10.3. The van der Waals surface area contributed by atoms with Crippen LogP contribution >= 0.6 is 15.9 Å². The molecular weight excluding hydrogens is 269 g/mol. The van der Waals surface area contributed by atoms with Crippen molar-refractivity contribution in [3.05, 3.63) is 28.5 Å². The third kappa shape index (κ3) is 3.15. The molecule has 0 spiro atoms. The first kappa shape index (κ1) is 11.8. The molecule has 1 atom stereocenters. The number of rotatable bonds is 4. The zero-order chi connectivity index (χ0) is 10.6. The Morgan fingerprint density at radius 2 is 2.21 bits per heavy atom. The van der Waals surface area contributed by atoms with Crippen molar-refractivity contribution in [2.24, 2.45) is 5.73 Å². The van der Waals surface area contributed by atoms with Gasteiger partial charge in [0.2, 0.25) is 0 Å². The predicted octanol–water partition coefficient (Wildman–Crippen LogP) is 2.04. The van der Waals surface area contributed by atoms with Crippen molar-refractivity contribution in [1.82, 2.24) is 0 Å². The summed E-state index contributed by atoms with van der Waals surface area (Å²) >= 11 is 3.05. The van der Waals surface area contributed by atoms with Gasteiger partial charge in [0.15, 0.2) is 0 Å². The largest absolute Gasteiger partial charge is 0.330 e. The zero-order valence-corrected chi connectivity index (χ0v) is 9.91. The minimum Gasteiger partial charge on any atom is -0.330 e. The number of nitrogens with two attached hydrogens (primary N) is 1. The number of hydrogen-bond acceptors (Lipinski definition) is 2. The highest BCUT2D eigenvalue weighted by Gasteiger charge is 2.06. The minimum absolute atomic E-state index is 0.343. The van der Waals surface area contributed by atoms with Crippen molar-refractivity contribution in [2.45, 2.75) is 11.3 Å². The van der Waals surface area contributed by atoms with E-state index in [1.54, 1.807) is 6.07 Å². The molecule has 0 aromatic heterocycles. The zero-order valence-electron chi connectivity index (χ0n) is 7.50. The van der Waals surface area contributed by atoms with Crippen LogP contribution in [-0.2, 0) is 10.8 Å². The van der Waals surface area contributed by atoms with Crippen LogP contribution in [0.3, 0.4) is 0 Å². The lowest BCUT2D eigenvalue weighted by Crippen LogP contribution is -2.06. The molecule has 0 fully saturated rings. The summed E-state index contributed by atoms with van der Waals surface area (Å²) in [6, 6.07) is 4.38. The number of halogens is 2. The summed E-state index contributed by atoms with van der Waals surface area (Å²) in [6.07, 6.45) is 0.710. The van der Waals surface area contributed by atoms with E-state index in [0.29, 0.717) is 28.1 Å². The summed E-state index contributed by atoms with van der Waals surface area (Å²) in [5.74, 6) is 0.179. The average molecular weight is 280 g/mol. The van der Waals surface area contributed by atoms with Gasteiger partial charge in [-0.1, -0.05) is 0 Å². The van der Waals surface area contributed by atoms with Gasteiger partial charge in [0.25, 0.3) is 0 Å². The Labute approximate surface area is 93.3 Å². The highest BCUT2D eigenvalue weighted by molar-refractivity contribution is 9.10. The Balaban J connectivity index is 2.76. The quantitative estimate of drug-likeness (QED) is 0.917. The molecule has 78 valence electrons. The first-order valence-corrected chi connectivity index (χ1v) is 6.30. The van der Waals surface area contributed by atoms with Crippen LogP contribution in [0.15, 0.2) is 27.6 Å². The van der Waals surface area contributed by atoms with Crippen molar-refractivity contribution < 1.29 is 8.60 Å². The Bertz CT molecular complexity index is 346. The number of benzene rings is 1. The summed E-state index contributed by atoms with van der Waals surface area (Å²) in [7, 11) is -1.08. The fourth-order valence-corrected chi connectivity index (χ4v) is 2.61. The molecule has 5 heteroatoms. The standard InChI is InChI=1S/C9H11BrFNOS/c10-8-6-7(2-3-9(8)11)14(13)5-1-4-12/h2-3,6H,1,4-5,12H2. The predicted molar refractivity (Wildman–Crippen MR) is 59.0 cm³/mol. The molecule has 2 N–H and O–H groups in total. The van der Waals surface area contributed by atoms with E-state index in [1.807, 2.05) is 0 Å². The van der Waals surface area contributed by atoms with Gasteiger partial charge in [0.05, 0.1) is 15.3 Å². The molecule has 2 nitrogen and oxygen atoms in total. The summed E-state index contributed by atoms with van der Waals surface area (Å²) in [6.45, 7) is 0.522. The smallest absolute Gasteiger partial charge is 0.137 e. The van der Waals surface area contributed by atoms with Crippen LogP contribution in [0.5, 0.6) is 0 Å². The van der Waals surface area contributed by atoms with Gasteiger partial charge in [-0.05, 0) is 47.1 Å². The third-order valence-electron chi connectivity index (χ3n) is 1.69. The fourth-order valence-electron chi connectivity index (χ4n) is 0.951. The summed E-state index contributed by atoms with van der Waals surface area (Å²) < 4.78 is 24.8. The Kier molecular flexibility index (Phi) is 4.71. The van der Waals surface area contributed by atoms with Crippen LogP contribution in [0.2, 0.25) is 0 Å². The Morgan fingerprint density at radius 3 is 2.79 bits per heavy atom. The molecule has 0 aliphatic rings. The van der Waals surface area contributed by atoms with E-state index >= 15 is 0 Å². The molecule has 0 heterocycles. The van der Waals surface area contributed by atoms with Crippen LogP contribution < -0.4 is 5.73 Å². The van der Waals surface area contributed by atoms with Gasteiger partial charge >= 0.3 is 0 Å². The molecule has 0 amide bonds. The van der Waals surface area contributed by atoms with Crippen LogP contribution in [0.25, 0.3) is 0 Å². The van der Waals surface area contributed by atoms with Gasteiger partial charge in [0.1, 0.15) is 5.82 Å². The lowest BCUT2D eigenvalue weighted by Gasteiger charge is -2.02. The molecule has 14 heavy (non-hydrogen) atoms. The van der Waals surface area contributed by atoms with Gasteiger partial charge < -0.3 is 5.73 Å². The highest BCUT2D eigenvalue weighted by atomic mass is 79.9. The maximum absolute atomic E-state index is 12.8. The molecule has 0 radical (unpaired) electrons. The summed E-state index contributed by atoms with van der Waals surface area (Å²) in [5, 5.41) is 0. The monoisotopic (exact) mass is 279 g/mol. The van der Waals surface area contributed by atoms with Gasteiger partial charge in [-0.2, -0.15) is 0 Å². The normalized spacial score (nSPS) is 12.8. The second kappa shape index (κ2) is 5.58. The molecule has 1 unspecified atom stereocenters. The molecule has 1 rings (SSSR count). The lowest BCUT2D eigenvalue weighted by molar-refractivity contribution is 0.619. The molecule has 0 bridgehead atoms. The average Bonchev–Trinajstić information content (AvgIpc) is 2.18. The highest BCUT2D eigenvalue weighted by Crippen LogP contribution is 2.19. The van der Waals surface area contributed by atoms with Gasteiger partial charge in [0, 0.05) is 10.6 Å². The molecule has 0 aliphatic carbocycles. The van der Waals surface area contributed by atoms with Crippen molar-refractivity contribution >= 4 is 26.7 Å². The summed E-state index contributed by atoms with van der Waals surface area (Å²) in [4.78, 5) is 0.631. The van der Waals surface area contributed by atoms with Crippen LogP contribution in [-0.4, -0.2) is 16.5 Å². The van der Waals surface area contributed by atoms with Gasteiger partial charge in [-0.25, -0.2) is 4.39 Å². The molecule has 1 aromatic carbocycles. The first-order valence-electron chi connectivity index (χ1n) is 4.18. The molecule has 0 saturated carbocycles.